The first-order valence-corrected chi connectivity index (χ1v) is 10.9. The molecule has 0 radical (unpaired) electrons. The standard InChI is InChI=1S/C26H29N3O4/c1-17(2)29-24(18-10-6-4-7-11-18)22(26(33)28-20(16-30)14-15-21(31)32)23(27-3)25(29)19-12-8-5-9-13-19/h4-13,16-17,20,27H,14-15H2,1-3H3,(H,28,33)(H,31,32). The normalized spacial score (nSPS) is 11.8. The Morgan fingerprint density at radius 1 is 0.970 bits per heavy atom. The second-order valence-electron chi connectivity index (χ2n) is 8.04. The molecule has 3 aromatic rings. The molecule has 0 fully saturated rings. The fourth-order valence-corrected chi connectivity index (χ4v) is 4.02. The number of rotatable bonds is 10. The number of anilines is 1. The van der Waals surface area contributed by atoms with Gasteiger partial charge >= 0.3 is 5.97 Å². The molecule has 1 amide bonds. The molecular weight excluding hydrogens is 418 g/mol. The van der Waals surface area contributed by atoms with Crippen LogP contribution in [0.3, 0.4) is 0 Å². The van der Waals surface area contributed by atoms with Crippen LogP contribution < -0.4 is 10.6 Å². The zero-order valence-corrected chi connectivity index (χ0v) is 19.0. The van der Waals surface area contributed by atoms with Gasteiger partial charge < -0.3 is 25.1 Å². The van der Waals surface area contributed by atoms with E-state index in [2.05, 4.69) is 29.0 Å². The number of aliphatic carboxylic acids is 1. The minimum absolute atomic E-state index is 0.0244. The van der Waals surface area contributed by atoms with E-state index < -0.39 is 17.9 Å². The molecule has 3 N–H and O–H groups in total. The van der Waals surface area contributed by atoms with Crippen molar-refractivity contribution in [1.82, 2.24) is 9.88 Å². The lowest BCUT2D eigenvalue weighted by Crippen LogP contribution is -2.36. The van der Waals surface area contributed by atoms with E-state index in [1.54, 1.807) is 7.05 Å². The molecule has 1 atom stereocenters. The molecule has 1 aromatic heterocycles. The van der Waals surface area contributed by atoms with Gasteiger partial charge in [0, 0.05) is 25.1 Å². The average molecular weight is 448 g/mol. The topological polar surface area (TPSA) is 100 Å². The quantitative estimate of drug-likeness (QED) is 0.394. The predicted molar refractivity (Wildman–Crippen MR) is 129 cm³/mol. The van der Waals surface area contributed by atoms with Crippen LogP contribution in [0.15, 0.2) is 60.7 Å². The zero-order chi connectivity index (χ0) is 24.0. The summed E-state index contributed by atoms with van der Waals surface area (Å²) < 4.78 is 2.12. The zero-order valence-electron chi connectivity index (χ0n) is 19.0. The molecule has 0 saturated carbocycles. The Kier molecular flexibility index (Phi) is 7.66. The Bertz CT molecular complexity index is 1120. The van der Waals surface area contributed by atoms with Gasteiger partial charge in [0.2, 0.25) is 0 Å². The lowest BCUT2D eigenvalue weighted by Gasteiger charge is -2.19. The van der Waals surface area contributed by atoms with Gasteiger partial charge in [0.05, 0.1) is 28.7 Å². The number of benzene rings is 2. The molecule has 0 bridgehead atoms. The number of amides is 1. The molecular formula is C26H29N3O4. The van der Waals surface area contributed by atoms with Crippen LogP contribution in [0.1, 0.15) is 43.1 Å². The minimum Gasteiger partial charge on any atom is -0.481 e. The van der Waals surface area contributed by atoms with Crippen LogP contribution in [-0.2, 0) is 9.59 Å². The molecule has 33 heavy (non-hydrogen) atoms. The molecule has 172 valence electrons. The van der Waals surface area contributed by atoms with Crippen LogP contribution in [0, 0.1) is 0 Å². The number of carboxylic acids is 1. The van der Waals surface area contributed by atoms with Crippen molar-refractivity contribution in [3.63, 3.8) is 0 Å². The number of carbonyl (C=O) groups excluding carboxylic acids is 2. The fourth-order valence-electron chi connectivity index (χ4n) is 4.02. The van der Waals surface area contributed by atoms with Crippen LogP contribution in [0.4, 0.5) is 5.69 Å². The molecule has 7 heteroatoms. The maximum Gasteiger partial charge on any atom is 0.303 e. The minimum atomic E-state index is -1.02. The van der Waals surface area contributed by atoms with Crippen molar-refractivity contribution in [2.75, 3.05) is 12.4 Å². The van der Waals surface area contributed by atoms with E-state index in [0.717, 1.165) is 22.5 Å². The summed E-state index contributed by atoms with van der Waals surface area (Å²) in [5, 5.41) is 14.9. The first-order chi connectivity index (χ1) is 15.9. The lowest BCUT2D eigenvalue weighted by atomic mass is 10.0. The monoisotopic (exact) mass is 447 g/mol. The van der Waals surface area contributed by atoms with Crippen molar-refractivity contribution >= 4 is 23.9 Å². The average Bonchev–Trinajstić information content (AvgIpc) is 3.18. The summed E-state index contributed by atoms with van der Waals surface area (Å²) in [6.07, 6.45) is 0.395. The van der Waals surface area contributed by atoms with Crippen molar-refractivity contribution in [2.45, 2.75) is 38.8 Å². The van der Waals surface area contributed by atoms with Crippen LogP contribution in [0.2, 0.25) is 0 Å². The molecule has 1 unspecified atom stereocenters. The number of carbonyl (C=O) groups is 3. The van der Waals surface area contributed by atoms with E-state index >= 15 is 0 Å². The number of nitrogens with one attached hydrogen (secondary N) is 2. The molecule has 7 nitrogen and oxygen atoms in total. The fraction of sp³-hybridized carbons (Fsp3) is 0.269. The molecule has 0 aliphatic heterocycles. The van der Waals surface area contributed by atoms with Gasteiger partial charge in [-0.1, -0.05) is 60.7 Å². The number of aldehydes is 1. The van der Waals surface area contributed by atoms with E-state index in [-0.39, 0.29) is 18.9 Å². The van der Waals surface area contributed by atoms with Crippen molar-refractivity contribution in [3.8, 4) is 22.5 Å². The van der Waals surface area contributed by atoms with Crippen molar-refractivity contribution in [1.29, 1.82) is 0 Å². The summed E-state index contributed by atoms with van der Waals surface area (Å²) in [4.78, 5) is 36.1. The highest BCUT2D eigenvalue weighted by Crippen LogP contribution is 2.43. The van der Waals surface area contributed by atoms with E-state index in [1.165, 1.54) is 0 Å². The third-order valence-electron chi connectivity index (χ3n) is 5.44. The number of nitrogens with zero attached hydrogens (tertiary/aromatic N) is 1. The molecule has 0 saturated heterocycles. The smallest absolute Gasteiger partial charge is 0.303 e. The second-order valence-corrected chi connectivity index (χ2v) is 8.04. The molecule has 0 aliphatic rings. The molecule has 0 spiro atoms. The second kappa shape index (κ2) is 10.6. The van der Waals surface area contributed by atoms with Crippen LogP contribution in [0.25, 0.3) is 22.5 Å². The SMILES string of the molecule is CNc1c(C(=O)NC(C=O)CCC(=O)O)c(-c2ccccc2)n(C(C)C)c1-c1ccccc1. The highest BCUT2D eigenvalue weighted by Gasteiger charge is 2.30. The van der Waals surface area contributed by atoms with Gasteiger partial charge in [0.15, 0.2) is 0 Å². The summed E-state index contributed by atoms with van der Waals surface area (Å²) in [6, 6.07) is 18.6. The third kappa shape index (κ3) is 5.14. The Labute approximate surface area is 193 Å². The summed E-state index contributed by atoms with van der Waals surface area (Å²) in [5.41, 5.74) is 4.47. The van der Waals surface area contributed by atoms with Gasteiger partial charge in [-0.25, -0.2) is 0 Å². The van der Waals surface area contributed by atoms with Gasteiger partial charge in [0.25, 0.3) is 5.91 Å². The number of aromatic nitrogens is 1. The van der Waals surface area contributed by atoms with Gasteiger partial charge in [-0.2, -0.15) is 0 Å². The highest BCUT2D eigenvalue weighted by atomic mass is 16.4. The van der Waals surface area contributed by atoms with Crippen LogP contribution in [0.5, 0.6) is 0 Å². The molecule has 0 aliphatic carbocycles. The van der Waals surface area contributed by atoms with E-state index in [9.17, 15) is 14.4 Å². The first kappa shape index (κ1) is 23.8. The Morgan fingerprint density at radius 3 is 1.97 bits per heavy atom. The summed E-state index contributed by atoms with van der Waals surface area (Å²) in [7, 11) is 1.76. The summed E-state index contributed by atoms with van der Waals surface area (Å²) >= 11 is 0. The van der Waals surface area contributed by atoms with Gasteiger partial charge in [-0.05, 0) is 25.8 Å². The van der Waals surface area contributed by atoms with Crippen molar-refractivity contribution < 1.29 is 19.5 Å². The predicted octanol–water partition coefficient (Wildman–Crippen LogP) is 4.61. The van der Waals surface area contributed by atoms with E-state index in [1.807, 2.05) is 60.7 Å². The molecule has 3 rings (SSSR count). The maximum atomic E-state index is 13.6. The maximum absolute atomic E-state index is 13.6. The van der Waals surface area contributed by atoms with Crippen LogP contribution in [-0.4, -0.2) is 40.9 Å². The Balaban J connectivity index is 2.24. The first-order valence-electron chi connectivity index (χ1n) is 10.9. The lowest BCUT2D eigenvalue weighted by molar-refractivity contribution is -0.137. The van der Waals surface area contributed by atoms with Crippen LogP contribution >= 0.6 is 0 Å². The Morgan fingerprint density at radius 2 is 1.52 bits per heavy atom. The number of hydrogen-bond donors (Lipinski definition) is 3. The third-order valence-corrected chi connectivity index (χ3v) is 5.44. The summed E-state index contributed by atoms with van der Waals surface area (Å²) in [6.45, 7) is 4.11. The largest absolute Gasteiger partial charge is 0.481 e. The highest BCUT2D eigenvalue weighted by molar-refractivity contribution is 6.10. The number of hydrogen-bond acceptors (Lipinski definition) is 4. The van der Waals surface area contributed by atoms with Gasteiger partial charge in [0.1, 0.15) is 6.29 Å². The van der Waals surface area contributed by atoms with Crippen molar-refractivity contribution in [2.24, 2.45) is 0 Å². The molecule has 1 heterocycles. The van der Waals surface area contributed by atoms with E-state index in [4.69, 9.17) is 5.11 Å². The van der Waals surface area contributed by atoms with Gasteiger partial charge in [-0.15, -0.1) is 0 Å². The van der Waals surface area contributed by atoms with Gasteiger partial charge in [-0.3, -0.25) is 9.59 Å². The number of carboxylic acid groups (broad SMARTS) is 1. The van der Waals surface area contributed by atoms with Crippen molar-refractivity contribution in [3.05, 3.63) is 66.2 Å². The van der Waals surface area contributed by atoms with E-state index in [0.29, 0.717) is 17.5 Å². The molecule has 2 aromatic carbocycles. The Hall–Kier alpha value is -3.87. The summed E-state index contributed by atoms with van der Waals surface area (Å²) in [5.74, 6) is -1.45.